The lowest BCUT2D eigenvalue weighted by molar-refractivity contribution is 0.625. The van der Waals surface area contributed by atoms with E-state index >= 15 is 0 Å². The second-order valence-electron chi connectivity index (χ2n) is 5.12. The van der Waals surface area contributed by atoms with Gasteiger partial charge < -0.3 is 5.73 Å². The molecule has 3 rings (SSSR count). The topological polar surface area (TPSA) is 43.8 Å². The van der Waals surface area contributed by atoms with E-state index in [0.29, 0.717) is 6.54 Å². The highest BCUT2D eigenvalue weighted by Gasteiger charge is 2.11. The van der Waals surface area contributed by atoms with Gasteiger partial charge in [-0.15, -0.1) is 0 Å². The maximum Gasteiger partial charge on any atom is 0.123 e. The van der Waals surface area contributed by atoms with Gasteiger partial charge in [0.05, 0.1) is 18.3 Å². The van der Waals surface area contributed by atoms with Gasteiger partial charge in [0.15, 0.2) is 0 Å². The second kappa shape index (κ2) is 4.63. The highest BCUT2D eigenvalue weighted by atomic mass is 19.1. The fourth-order valence-corrected chi connectivity index (χ4v) is 2.56. The van der Waals surface area contributed by atoms with Crippen LogP contribution in [0.15, 0.2) is 36.5 Å². The average Bonchev–Trinajstić information content (AvgIpc) is 2.83. The zero-order valence-corrected chi connectivity index (χ0v) is 11.5. The predicted octanol–water partition coefficient (Wildman–Crippen LogP) is 3.42. The molecule has 3 nitrogen and oxygen atoms in total. The molecule has 1 aromatic heterocycles. The molecule has 0 aliphatic carbocycles. The van der Waals surface area contributed by atoms with Gasteiger partial charge in [-0.3, -0.25) is 4.68 Å². The Morgan fingerprint density at radius 2 is 1.85 bits per heavy atom. The maximum absolute atomic E-state index is 12.9. The fourth-order valence-electron chi connectivity index (χ4n) is 2.56. The Bertz CT molecular complexity index is 773. The summed E-state index contributed by atoms with van der Waals surface area (Å²) in [6, 6.07) is 8.55. The van der Waals surface area contributed by atoms with Crippen molar-refractivity contribution in [2.75, 3.05) is 5.73 Å². The van der Waals surface area contributed by atoms with E-state index in [0.717, 1.165) is 33.3 Å². The smallest absolute Gasteiger partial charge is 0.123 e. The third-order valence-electron chi connectivity index (χ3n) is 3.61. The van der Waals surface area contributed by atoms with E-state index in [1.54, 1.807) is 18.3 Å². The molecule has 4 heteroatoms. The molecule has 0 atom stereocenters. The molecule has 0 saturated carbocycles. The van der Waals surface area contributed by atoms with Gasteiger partial charge >= 0.3 is 0 Å². The largest absolute Gasteiger partial charge is 0.398 e. The number of nitrogens with zero attached hydrogens (tertiary/aromatic N) is 2. The summed E-state index contributed by atoms with van der Waals surface area (Å²) in [6.45, 7) is 4.66. The molecule has 0 unspecified atom stereocenters. The quantitative estimate of drug-likeness (QED) is 0.724. The number of hydrogen-bond acceptors (Lipinski definition) is 2. The lowest BCUT2D eigenvalue weighted by Gasteiger charge is -2.09. The van der Waals surface area contributed by atoms with E-state index in [2.05, 4.69) is 18.1 Å². The molecule has 2 aromatic carbocycles. The van der Waals surface area contributed by atoms with Crippen molar-refractivity contribution in [1.82, 2.24) is 9.78 Å². The number of fused-ring (bicyclic) bond motifs is 1. The molecule has 3 aromatic rings. The maximum atomic E-state index is 12.9. The van der Waals surface area contributed by atoms with Gasteiger partial charge in [0.25, 0.3) is 0 Å². The summed E-state index contributed by atoms with van der Waals surface area (Å²) in [5, 5.41) is 5.40. The molecule has 0 fully saturated rings. The molecule has 0 bridgehead atoms. The number of aromatic nitrogens is 2. The van der Waals surface area contributed by atoms with Crippen molar-refractivity contribution < 1.29 is 4.39 Å². The van der Waals surface area contributed by atoms with Crippen LogP contribution >= 0.6 is 0 Å². The number of aryl methyl sites for hydroxylation is 2. The summed E-state index contributed by atoms with van der Waals surface area (Å²) in [4.78, 5) is 0. The zero-order chi connectivity index (χ0) is 14.3. The summed E-state index contributed by atoms with van der Waals surface area (Å²) in [7, 11) is 0. The summed E-state index contributed by atoms with van der Waals surface area (Å²) in [5.74, 6) is -0.227. The van der Waals surface area contributed by atoms with Crippen LogP contribution in [0.5, 0.6) is 0 Å². The minimum Gasteiger partial charge on any atom is -0.398 e. The van der Waals surface area contributed by atoms with E-state index in [-0.39, 0.29) is 5.82 Å². The van der Waals surface area contributed by atoms with Crippen LogP contribution in [0.4, 0.5) is 10.1 Å². The number of benzene rings is 2. The van der Waals surface area contributed by atoms with Gasteiger partial charge in [0, 0.05) is 11.1 Å². The SMILES string of the molecule is Cc1cc(C)c2c(cnn2Cc2ccc(F)cc2)c1N. The highest BCUT2D eigenvalue weighted by molar-refractivity contribution is 5.94. The first kappa shape index (κ1) is 12.7. The first-order valence-corrected chi connectivity index (χ1v) is 6.52. The van der Waals surface area contributed by atoms with Crippen molar-refractivity contribution in [2.45, 2.75) is 20.4 Å². The number of halogens is 1. The summed E-state index contributed by atoms with van der Waals surface area (Å²) < 4.78 is 14.9. The second-order valence-corrected chi connectivity index (χ2v) is 5.12. The van der Waals surface area contributed by atoms with Gasteiger partial charge in [-0.2, -0.15) is 5.10 Å². The van der Waals surface area contributed by atoms with Crippen LogP contribution in [-0.4, -0.2) is 9.78 Å². The van der Waals surface area contributed by atoms with Crippen molar-refractivity contribution >= 4 is 16.6 Å². The van der Waals surface area contributed by atoms with E-state index < -0.39 is 0 Å². The summed E-state index contributed by atoms with van der Waals surface area (Å²) in [6.07, 6.45) is 1.80. The minimum atomic E-state index is -0.227. The monoisotopic (exact) mass is 269 g/mol. The minimum absolute atomic E-state index is 0.227. The molecule has 0 spiro atoms. The Morgan fingerprint density at radius 3 is 2.55 bits per heavy atom. The zero-order valence-electron chi connectivity index (χ0n) is 11.5. The lowest BCUT2D eigenvalue weighted by atomic mass is 10.1. The molecule has 0 aliphatic rings. The Morgan fingerprint density at radius 1 is 1.15 bits per heavy atom. The first-order chi connectivity index (χ1) is 9.56. The molecule has 0 aliphatic heterocycles. The van der Waals surface area contributed by atoms with Crippen LogP contribution in [-0.2, 0) is 6.54 Å². The standard InChI is InChI=1S/C16H16FN3/c1-10-7-11(2)16-14(15(10)18)8-19-20(16)9-12-3-5-13(17)6-4-12/h3-8H,9,18H2,1-2H3. The van der Waals surface area contributed by atoms with E-state index in [1.807, 2.05) is 11.6 Å². The number of rotatable bonds is 2. The molecular weight excluding hydrogens is 253 g/mol. The average molecular weight is 269 g/mol. The molecule has 0 saturated heterocycles. The van der Waals surface area contributed by atoms with Gasteiger partial charge in [0.1, 0.15) is 5.82 Å². The third kappa shape index (κ3) is 2.03. The van der Waals surface area contributed by atoms with Gasteiger partial charge in [-0.1, -0.05) is 18.2 Å². The first-order valence-electron chi connectivity index (χ1n) is 6.52. The third-order valence-corrected chi connectivity index (χ3v) is 3.61. The van der Waals surface area contributed by atoms with Crippen molar-refractivity contribution in [2.24, 2.45) is 0 Å². The Balaban J connectivity index is 2.09. The van der Waals surface area contributed by atoms with Crippen LogP contribution in [0.2, 0.25) is 0 Å². The predicted molar refractivity (Wildman–Crippen MR) is 79.1 cm³/mol. The van der Waals surface area contributed by atoms with Crippen molar-refractivity contribution in [1.29, 1.82) is 0 Å². The Labute approximate surface area is 116 Å². The highest BCUT2D eigenvalue weighted by Crippen LogP contribution is 2.28. The number of hydrogen-bond donors (Lipinski definition) is 1. The molecule has 1 heterocycles. The summed E-state index contributed by atoms with van der Waals surface area (Å²) >= 11 is 0. The molecule has 0 radical (unpaired) electrons. The van der Waals surface area contributed by atoms with Gasteiger partial charge in [-0.25, -0.2) is 4.39 Å². The summed E-state index contributed by atoms with van der Waals surface area (Å²) in [5.41, 5.74) is 11.1. The molecule has 2 N–H and O–H groups in total. The van der Waals surface area contributed by atoms with Crippen LogP contribution in [0.3, 0.4) is 0 Å². The number of nitrogen functional groups attached to an aromatic ring is 1. The Kier molecular flexibility index (Phi) is 2.93. The normalized spacial score (nSPS) is 11.2. The van der Waals surface area contributed by atoms with Gasteiger partial charge in [0.2, 0.25) is 0 Å². The van der Waals surface area contributed by atoms with Crippen molar-refractivity contribution in [3.05, 3.63) is 59.0 Å². The van der Waals surface area contributed by atoms with E-state index in [9.17, 15) is 4.39 Å². The number of anilines is 1. The van der Waals surface area contributed by atoms with E-state index in [4.69, 9.17) is 5.73 Å². The Hall–Kier alpha value is -2.36. The van der Waals surface area contributed by atoms with Gasteiger partial charge in [-0.05, 0) is 42.7 Å². The van der Waals surface area contributed by atoms with Crippen LogP contribution in [0.1, 0.15) is 16.7 Å². The van der Waals surface area contributed by atoms with Crippen molar-refractivity contribution in [3.8, 4) is 0 Å². The molecule has 0 amide bonds. The van der Waals surface area contributed by atoms with Crippen LogP contribution in [0.25, 0.3) is 10.9 Å². The molecular formula is C16H16FN3. The van der Waals surface area contributed by atoms with Crippen LogP contribution < -0.4 is 5.73 Å². The number of nitrogens with two attached hydrogens (primary N) is 1. The fraction of sp³-hybridized carbons (Fsp3) is 0.188. The van der Waals surface area contributed by atoms with Crippen molar-refractivity contribution in [3.63, 3.8) is 0 Å². The lowest BCUT2D eigenvalue weighted by Crippen LogP contribution is -2.03. The van der Waals surface area contributed by atoms with E-state index in [1.165, 1.54) is 12.1 Å². The molecule has 102 valence electrons. The van der Waals surface area contributed by atoms with Crippen LogP contribution in [0, 0.1) is 19.7 Å². The molecule has 20 heavy (non-hydrogen) atoms.